The summed E-state index contributed by atoms with van der Waals surface area (Å²) in [5.41, 5.74) is 1.87. The summed E-state index contributed by atoms with van der Waals surface area (Å²) in [6.45, 7) is 7.06. The van der Waals surface area contributed by atoms with Crippen molar-refractivity contribution in [2.45, 2.75) is 64.1 Å². The van der Waals surface area contributed by atoms with Gasteiger partial charge in [0.15, 0.2) is 11.5 Å². The molecule has 2 amide bonds. The molecule has 0 spiro atoms. The molecule has 0 saturated heterocycles. The van der Waals surface area contributed by atoms with Gasteiger partial charge < -0.3 is 29.2 Å². The molecule has 0 heterocycles. The van der Waals surface area contributed by atoms with Crippen molar-refractivity contribution in [1.29, 1.82) is 0 Å². The lowest BCUT2D eigenvalue weighted by molar-refractivity contribution is -0.140. The van der Waals surface area contributed by atoms with Crippen molar-refractivity contribution in [2.75, 3.05) is 39.3 Å². The van der Waals surface area contributed by atoms with E-state index in [9.17, 15) is 18.0 Å². The number of nitrogens with one attached hydrogen (secondary N) is 1. The highest BCUT2D eigenvalue weighted by Crippen LogP contribution is 2.38. The minimum atomic E-state index is -4.44. The minimum Gasteiger partial charge on any atom is -0.497 e. The molecule has 2 atom stereocenters. The molecule has 0 fully saturated rings. The molecule has 3 aromatic rings. The van der Waals surface area contributed by atoms with Crippen LogP contribution in [0.3, 0.4) is 0 Å². The molecule has 0 bridgehead atoms. The van der Waals surface area contributed by atoms with Crippen LogP contribution in [0.4, 0.5) is 5.69 Å². The van der Waals surface area contributed by atoms with Crippen molar-refractivity contribution in [1.82, 2.24) is 10.2 Å². The molecule has 0 saturated carbocycles. The Bertz CT molecular complexity index is 1610. The SMILES string of the molecule is CC[C@@H](C)NC(=O)[C@H](CC)N(Cc1cccc(C)c1)C(=O)CN(c1cc(OC)ccc1OC)S(=O)(=O)c1ccc(OC)c(OC)c1. The number of hydrogen-bond acceptors (Lipinski definition) is 8. The van der Waals surface area contributed by atoms with Gasteiger partial charge in [-0.05, 0) is 56.5 Å². The second-order valence-electron chi connectivity index (χ2n) is 10.8. The molecule has 11 nitrogen and oxygen atoms in total. The van der Waals surface area contributed by atoms with Crippen LogP contribution in [-0.4, -0.2) is 72.2 Å². The van der Waals surface area contributed by atoms with Crippen molar-refractivity contribution in [3.63, 3.8) is 0 Å². The van der Waals surface area contributed by atoms with E-state index in [4.69, 9.17) is 18.9 Å². The zero-order valence-corrected chi connectivity index (χ0v) is 28.6. The van der Waals surface area contributed by atoms with Crippen LogP contribution in [-0.2, 0) is 26.2 Å². The van der Waals surface area contributed by atoms with E-state index in [1.54, 1.807) is 12.1 Å². The Morgan fingerprint density at radius 2 is 1.50 bits per heavy atom. The minimum absolute atomic E-state index is 0.0811. The second-order valence-corrected chi connectivity index (χ2v) is 12.7. The number of carbonyl (C=O) groups is 2. The number of methoxy groups -OCH3 is 4. The van der Waals surface area contributed by atoms with Crippen LogP contribution < -0.4 is 28.6 Å². The van der Waals surface area contributed by atoms with Gasteiger partial charge >= 0.3 is 0 Å². The Kier molecular flexibility index (Phi) is 12.7. The molecule has 250 valence electrons. The van der Waals surface area contributed by atoms with Gasteiger partial charge in [0.1, 0.15) is 24.1 Å². The lowest BCUT2D eigenvalue weighted by Gasteiger charge is -2.34. The molecule has 0 aliphatic heterocycles. The van der Waals surface area contributed by atoms with Crippen molar-refractivity contribution in [3.05, 3.63) is 71.8 Å². The first-order chi connectivity index (χ1) is 21.9. The molecule has 0 aliphatic rings. The van der Waals surface area contributed by atoms with Gasteiger partial charge in [-0.2, -0.15) is 0 Å². The summed E-state index contributed by atoms with van der Waals surface area (Å²) < 4.78 is 51.6. The van der Waals surface area contributed by atoms with E-state index >= 15 is 0 Å². The number of aryl methyl sites for hydroxylation is 1. The summed E-state index contributed by atoms with van der Waals surface area (Å²) in [6, 6.07) is 15.5. The average molecular weight is 656 g/mol. The maximum atomic E-state index is 14.5. The summed E-state index contributed by atoms with van der Waals surface area (Å²) >= 11 is 0. The molecule has 3 rings (SSSR count). The largest absolute Gasteiger partial charge is 0.497 e. The first-order valence-electron chi connectivity index (χ1n) is 15.1. The van der Waals surface area contributed by atoms with Crippen molar-refractivity contribution in [3.8, 4) is 23.0 Å². The highest BCUT2D eigenvalue weighted by atomic mass is 32.2. The average Bonchev–Trinajstić information content (AvgIpc) is 3.06. The third kappa shape index (κ3) is 8.42. The van der Waals surface area contributed by atoms with Gasteiger partial charge in [-0.15, -0.1) is 0 Å². The van der Waals surface area contributed by atoms with E-state index in [-0.39, 0.29) is 40.6 Å². The van der Waals surface area contributed by atoms with Gasteiger partial charge in [0.05, 0.1) is 39.0 Å². The molecular weight excluding hydrogens is 610 g/mol. The molecule has 0 aliphatic carbocycles. The quantitative estimate of drug-likeness (QED) is 0.230. The smallest absolute Gasteiger partial charge is 0.265 e. The van der Waals surface area contributed by atoms with E-state index in [2.05, 4.69) is 5.32 Å². The van der Waals surface area contributed by atoms with Gasteiger partial charge in [0.2, 0.25) is 11.8 Å². The lowest BCUT2D eigenvalue weighted by atomic mass is 10.1. The Morgan fingerprint density at radius 3 is 2.09 bits per heavy atom. The van der Waals surface area contributed by atoms with Crippen LogP contribution in [0.5, 0.6) is 23.0 Å². The Balaban J connectivity index is 2.20. The third-order valence-electron chi connectivity index (χ3n) is 7.70. The fourth-order valence-electron chi connectivity index (χ4n) is 4.98. The predicted molar refractivity (Wildman–Crippen MR) is 177 cm³/mol. The van der Waals surface area contributed by atoms with E-state index in [0.29, 0.717) is 24.3 Å². The molecule has 1 N–H and O–H groups in total. The van der Waals surface area contributed by atoms with Crippen LogP contribution in [0, 0.1) is 6.92 Å². The number of carbonyl (C=O) groups excluding carboxylic acids is 2. The highest BCUT2D eigenvalue weighted by molar-refractivity contribution is 7.92. The number of anilines is 1. The van der Waals surface area contributed by atoms with Gasteiger partial charge in [0.25, 0.3) is 10.0 Å². The van der Waals surface area contributed by atoms with Crippen molar-refractivity contribution >= 4 is 27.5 Å². The zero-order chi connectivity index (χ0) is 34.0. The number of nitrogens with zero attached hydrogens (tertiary/aromatic N) is 2. The van der Waals surface area contributed by atoms with Crippen LogP contribution in [0.15, 0.2) is 65.6 Å². The number of rotatable bonds is 16. The first-order valence-corrected chi connectivity index (χ1v) is 16.5. The number of sulfonamides is 1. The lowest BCUT2D eigenvalue weighted by Crippen LogP contribution is -2.53. The Hall–Kier alpha value is -4.45. The molecule has 12 heteroatoms. The van der Waals surface area contributed by atoms with E-state index in [0.717, 1.165) is 15.4 Å². The fraction of sp³-hybridized carbons (Fsp3) is 0.412. The van der Waals surface area contributed by atoms with Gasteiger partial charge in [-0.1, -0.05) is 43.7 Å². The summed E-state index contributed by atoms with van der Waals surface area (Å²) in [4.78, 5) is 29.3. The highest BCUT2D eigenvalue weighted by Gasteiger charge is 2.35. The first kappa shape index (κ1) is 36.0. The van der Waals surface area contributed by atoms with Crippen molar-refractivity contribution < 1.29 is 37.0 Å². The van der Waals surface area contributed by atoms with Crippen molar-refractivity contribution in [2.24, 2.45) is 0 Å². The van der Waals surface area contributed by atoms with E-state index in [1.165, 1.54) is 57.6 Å². The number of benzene rings is 3. The van der Waals surface area contributed by atoms with Crippen LogP contribution in [0.25, 0.3) is 0 Å². The fourth-order valence-corrected chi connectivity index (χ4v) is 6.41. The number of ether oxygens (including phenoxy) is 4. The number of amides is 2. The van der Waals surface area contributed by atoms with Gasteiger partial charge in [-0.3, -0.25) is 13.9 Å². The molecule has 0 aromatic heterocycles. The molecule has 3 aromatic carbocycles. The summed E-state index contributed by atoms with van der Waals surface area (Å²) in [6.07, 6.45) is 1.02. The normalized spacial score (nSPS) is 12.4. The maximum absolute atomic E-state index is 14.5. The maximum Gasteiger partial charge on any atom is 0.265 e. The molecular formula is C34H45N3O8S. The van der Waals surface area contributed by atoms with Crippen LogP contribution in [0.1, 0.15) is 44.7 Å². The molecule has 46 heavy (non-hydrogen) atoms. The third-order valence-corrected chi connectivity index (χ3v) is 9.45. The Labute approximate surface area is 272 Å². The van der Waals surface area contributed by atoms with E-state index in [1.807, 2.05) is 52.0 Å². The van der Waals surface area contributed by atoms with Gasteiger partial charge in [-0.25, -0.2) is 8.42 Å². The summed E-state index contributed by atoms with van der Waals surface area (Å²) in [5, 5.41) is 2.98. The summed E-state index contributed by atoms with van der Waals surface area (Å²) in [5.74, 6) is 0.190. The van der Waals surface area contributed by atoms with Crippen LogP contribution in [0.2, 0.25) is 0 Å². The Morgan fingerprint density at radius 1 is 0.826 bits per heavy atom. The number of hydrogen-bond donors (Lipinski definition) is 1. The predicted octanol–water partition coefficient (Wildman–Crippen LogP) is 4.95. The monoisotopic (exact) mass is 655 g/mol. The standard InChI is InChI=1S/C34H45N3O8S/c1-9-24(4)35-34(39)28(10-2)36(21-25-13-11-12-23(3)18-25)33(38)22-37(29-19-26(42-5)14-16-30(29)43-6)46(40,41)27-15-17-31(44-7)32(20-27)45-8/h11-20,24,28H,9-10,21-22H2,1-8H3,(H,35,39)/t24-,28+/m1/s1. The molecule has 0 radical (unpaired) electrons. The zero-order valence-electron chi connectivity index (χ0n) is 27.8. The van der Waals surface area contributed by atoms with Crippen LogP contribution >= 0.6 is 0 Å². The van der Waals surface area contributed by atoms with E-state index < -0.39 is 28.5 Å². The topological polar surface area (TPSA) is 124 Å². The summed E-state index contributed by atoms with van der Waals surface area (Å²) in [7, 11) is 1.27. The van der Waals surface area contributed by atoms with Gasteiger partial charge in [0, 0.05) is 24.7 Å². The second kappa shape index (κ2) is 16.2. The molecule has 0 unspecified atom stereocenters.